The standard InChI is InChI=1S/C18H21F3N4O/c1-12-16(13(2)23(3)22-12)17(26)25-9-7-24(8-10-25)15-6-4-5-14(11-15)18(19,20)21/h4-6,11H,7-10H2,1-3H3. The summed E-state index contributed by atoms with van der Waals surface area (Å²) < 4.78 is 40.3. The van der Waals surface area contributed by atoms with Crippen LogP contribution >= 0.6 is 0 Å². The van der Waals surface area contributed by atoms with E-state index in [9.17, 15) is 18.0 Å². The number of rotatable bonds is 2. The summed E-state index contributed by atoms with van der Waals surface area (Å²) in [5.74, 6) is -0.0724. The number of amides is 1. The van der Waals surface area contributed by atoms with Gasteiger partial charge in [-0.3, -0.25) is 9.48 Å². The van der Waals surface area contributed by atoms with Gasteiger partial charge in [0.2, 0.25) is 0 Å². The summed E-state index contributed by atoms with van der Waals surface area (Å²) in [5, 5.41) is 4.27. The van der Waals surface area contributed by atoms with E-state index in [0.717, 1.165) is 17.8 Å². The average Bonchev–Trinajstić information content (AvgIpc) is 2.86. The summed E-state index contributed by atoms with van der Waals surface area (Å²) in [6.45, 7) is 5.56. The zero-order chi connectivity index (χ0) is 19.1. The summed E-state index contributed by atoms with van der Waals surface area (Å²) in [4.78, 5) is 16.4. The predicted molar refractivity (Wildman–Crippen MR) is 92.2 cm³/mol. The highest BCUT2D eigenvalue weighted by molar-refractivity contribution is 5.96. The van der Waals surface area contributed by atoms with Crippen molar-refractivity contribution in [2.45, 2.75) is 20.0 Å². The lowest BCUT2D eigenvalue weighted by molar-refractivity contribution is -0.137. The Morgan fingerprint density at radius 2 is 1.77 bits per heavy atom. The van der Waals surface area contributed by atoms with E-state index in [0.29, 0.717) is 43.1 Å². The maximum atomic E-state index is 12.9. The summed E-state index contributed by atoms with van der Waals surface area (Å²) in [6, 6.07) is 5.31. The lowest BCUT2D eigenvalue weighted by Gasteiger charge is -2.36. The first kappa shape index (κ1) is 18.3. The van der Waals surface area contributed by atoms with Crippen LogP contribution in [0, 0.1) is 13.8 Å². The van der Waals surface area contributed by atoms with Gasteiger partial charge in [0.05, 0.1) is 16.8 Å². The number of anilines is 1. The maximum absolute atomic E-state index is 12.9. The lowest BCUT2D eigenvalue weighted by Crippen LogP contribution is -2.49. The Hall–Kier alpha value is -2.51. The molecular weight excluding hydrogens is 345 g/mol. The van der Waals surface area contributed by atoms with Gasteiger partial charge in [-0.2, -0.15) is 18.3 Å². The molecule has 1 fully saturated rings. The van der Waals surface area contributed by atoms with Crippen LogP contribution in [0.15, 0.2) is 24.3 Å². The van der Waals surface area contributed by atoms with Crippen LogP contribution in [-0.2, 0) is 13.2 Å². The Balaban J connectivity index is 1.71. The largest absolute Gasteiger partial charge is 0.416 e. The number of aromatic nitrogens is 2. The van der Waals surface area contributed by atoms with Gasteiger partial charge in [-0.15, -0.1) is 0 Å². The van der Waals surface area contributed by atoms with E-state index >= 15 is 0 Å². The Morgan fingerprint density at radius 3 is 2.31 bits per heavy atom. The number of alkyl halides is 3. The quantitative estimate of drug-likeness (QED) is 0.821. The summed E-state index contributed by atoms with van der Waals surface area (Å²) >= 11 is 0. The molecule has 2 heterocycles. The van der Waals surface area contributed by atoms with Crippen molar-refractivity contribution in [2.75, 3.05) is 31.1 Å². The molecule has 8 heteroatoms. The monoisotopic (exact) mass is 366 g/mol. The fourth-order valence-corrected chi connectivity index (χ4v) is 3.29. The summed E-state index contributed by atoms with van der Waals surface area (Å²) in [6.07, 6.45) is -4.36. The van der Waals surface area contributed by atoms with Crippen molar-refractivity contribution in [1.29, 1.82) is 0 Å². The molecule has 0 aliphatic carbocycles. The van der Waals surface area contributed by atoms with Crippen LogP contribution in [0.4, 0.5) is 18.9 Å². The van der Waals surface area contributed by atoms with Crippen LogP contribution in [0.5, 0.6) is 0 Å². The molecule has 5 nitrogen and oxygen atoms in total. The summed E-state index contributed by atoms with van der Waals surface area (Å²) in [7, 11) is 1.80. The van der Waals surface area contributed by atoms with E-state index in [1.165, 1.54) is 6.07 Å². The van der Waals surface area contributed by atoms with Gasteiger partial charge in [-0.05, 0) is 32.0 Å². The molecule has 2 aromatic rings. The average molecular weight is 366 g/mol. The van der Waals surface area contributed by atoms with Crippen LogP contribution in [0.1, 0.15) is 27.3 Å². The number of nitrogens with zero attached hydrogens (tertiary/aromatic N) is 4. The van der Waals surface area contributed by atoms with Crippen LogP contribution in [0.2, 0.25) is 0 Å². The van der Waals surface area contributed by atoms with Gasteiger partial charge in [-0.25, -0.2) is 0 Å². The Bertz CT molecular complexity index is 820. The lowest BCUT2D eigenvalue weighted by atomic mass is 10.1. The molecule has 1 aromatic carbocycles. The van der Waals surface area contributed by atoms with E-state index in [2.05, 4.69) is 5.10 Å². The molecule has 0 spiro atoms. The highest BCUT2D eigenvalue weighted by atomic mass is 19.4. The number of hydrogen-bond donors (Lipinski definition) is 0. The Morgan fingerprint density at radius 1 is 1.12 bits per heavy atom. The topological polar surface area (TPSA) is 41.4 Å². The van der Waals surface area contributed by atoms with Crippen molar-refractivity contribution in [1.82, 2.24) is 14.7 Å². The maximum Gasteiger partial charge on any atom is 0.416 e. The van der Waals surface area contributed by atoms with Crippen molar-refractivity contribution < 1.29 is 18.0 Å². The minimum Gasteiger partial charge on any atom is -0.368 e. The van der Waals surface area contributed by atoms with Crippen molar-refractivity contribution in [2.24, 2.45) is 7.05 Å². The molecule has 0 radical (unpaired) electrons. The van der Waals surface area contributed by atoms with E-state index in [4.69, 9.17) is 0 Å². The Labute approximate surface area is 150 Å². The molecule has 1 amide bonds. The van der Waals surface area contributed by atoms with E-state index in [-0.39, 0.29) is 5.91 Å². The number of carbonyl (C=O) groups is 1. The highest BCUT2D eigenvalue weighted by Gasteiger charge is 2.31. The fourth-order valence-electron chi connectivity index (χ4n) is 3.29. The summed E-state index contributed by atoms with van der Waals surface area (Å²) in [5.41, 5.74) is 1.99. The Kier molecular flexibility index (Phi) is 4.68. The zero-order valence-electron chi connectivity index (χ0n) is 15.0. The molecule has 140 valence electrons. The molecule has 0 bridgehead atoms. The van der Waals surface area contributed by atoms with Gasteiger partial charge in [0.15, 0.2) is 0 Å². The van der Waals surface area contributed by atoms with Gasteiger partial charge in [0, 0.05) is 44.6 Å². The van der Waals surface area contributed by atoms with Crippen molar-refractivity contribution in [3.05, 3.63) is 46.8 Å². The van der Waals surface area contributed by atoms with E-state index < -0.39 is 11.7 Å². The van der Waals surface area contributed by atoms with Crippen molar-refractivity contribution in [3.63, 3.8) is 0 Å². The first-order chi connectivity index (χ1) is 12.2. The second-order valence-corrected chi connectivity index (χ2v) is 6.50. The molecule has 0 unspecified atom stereocenters. The number of aryl methyl sites for hydroxylation is 2. The molecule has 0 saturated carbocycles. The molecular formula is C18H21F3N4O. The molecule has 1 aliphatic heterocycles. The first-order valence-corrected chi connectivity index (χ1v) is 8.40. The minimum atomic E-state index is -4.36. The third kappa shape index (κ3) is 3.40. The van der Waals surface area contributed by atoms with E-state index in [1.54, 1.807) is 29.6 Å². The van der Waals surface area contributed by atoms with Gasteiger partial charge >= 0.3 is 6.18 Å². The fraction of sp³-hybridized carbons (Fsp3) is 0.444. The van der Waals surface area contributed by atoms with Crippen LogP contribution < -0.4 is 4.90 Å². The van der Waals surface area contributed by atoms with Gasteiger partial charge in [0.25, 0.3) is 5.91 Å². The predicted octanol–water partition coefficient (Wildman–Crippen LogP) is 3.02. The van der Waals surface area contributed by atoms with Gasteiger partial charge in [0.1, 0.15) is 0 Å². The molecule has 0 N–H and O–H groups in total. The second kappa shape index (κ2) is 6.66. The smallest absolute Gasteiger partial charge is 0.368 e. The van der Waals surface area contributed by atoms with E-state index in [1.807, 2.05) is 11.8 Å². The molecule has 1 aliphatic rings. The zero-order valence-corrected chi connectivity index (χ0v) is 15.0. The molecule has 1 aromatic heterocycles. The first-order valence-electron chi connectivity index (χ1n) is 8.40. The van der Waals surface area contributed by atoms with Gasteiger partial charge in [-0.1, -0.05) is 6.07 Å². The molecule has 3 rings (SSSR count). The second-order valence-electron chi connectivity index (χ2n) is 6.50. The number of benzene rings is 1. The third-order valence-corrected chi connectivity index (χ3v) is 4.83. The normalized spacial score (nSPS) is 15.5. The minimum absolute atomic E-state index is 0.0724. The number of carbonyl (C=O) groups excluding carboxylic acids is 1. The molecule has 0 atom stereocenters. The van der Waals surface area contributed by atoms with Crippen LogP contribution in [0.25, 0.3) is 0 Å². The van der Waals surface area contributed by atoms with Crippen LogP contribution in [0.3, 0.4) is 0 Å². The van der Waals surface area contributed by atoms with Gasteiger partial charge < -0.3 is 9.80 Å². The van der Waals surface area contributed by atoms with Crippen molar-refractivity contribution in [3.8, 4) is 0 Å². The number of halogens is 3. The SMILES string of the molecule is Cc1nn(C)c(C)c1C(=O)N1CCN(c2cccc(C(F)(F)F)c2)CC1. The van der Waals surface area contributed by atoms with Crippen LogP contribution in [-0.4, -0.2) is 46.8 Å². The molecule has 1 saturated heterocycles. The molecule has 26 heavy (non-hydrogen) atoms. The highest BCUT2D eigenvalue weighted by Crippen LogP contribution is 2.32. The third-order valence-electron chi connectivity index (χ3n) is 4.83. The number of hydrogen-bond acceptors (Lipinski definition) is 3. The van der Waals surface area contributed by atoms with Crippen molar-refractivity contribution >= 4 is 11.6 Å². The number of piperazine rings is 1.